The van der Waals surface area contributed by atoms with Gasteiger partial charge in [0.25, 0.3) is 0 Å². The van der Waals surface area contributed by atoms with Crippen molar-refractivity contribution in [3.63, 3.8) is 0 Å². The average Bonchev–Trinajstić information content (AvgIpc) is 2.99. The number of aliphatic hydroxyl groups excluding tert-OH is 1. The minimum Gasteiger partial charge on any atom is -0.480 e. The lowest BCUT2D eigenvalue weighted by Crippen LogP contribution is -2.43. The molecule has 256 valence electrons. The van der Waals surface area contributed by atoms with E-state index in [2.05, 4.69) is 48.0 Å². The number of hydrogen-bond donors (Lipinski definition) is 4. The lowest BCUT2D eigenvalue weighted by molar-refractivity contribution is -0.147. The number of aliphatic hydroxyl groups is 1. The van der Waals surface area contributed by atoms with Crippen LogP contribution in [0.15, 0.2) is 24.3 Å². The molecule has 12 heteroatoms. The van der Waals surface area contributed by atoms with Crippen LogP contribution < -0.4 is 5.32 Å². The molecule has 0 aliphatic carbocycles. The SMILES string of the molecule is CCCC/C=C\C/C=C\CCCCCCCC(=O)NC(COP(=O)(O)OCC(O)COC(=O)CCCCCCCC)C(=O)O. The van der Waals surface area contributed by atoms with Crippen LogP contribution in [-0.2, 0) is 32.7 Å². The minimum absolute atomic E-state index is 0.130. The number of carboxylic acid groups (broad SMARTS) is 1. The van der Waals surface area contributed by atoms with Crippen molar-refractivity contribution >= 4 is 25.7 Å². The highest BCUT2D eigenvalue weighted by Crippen LogP contribution is 2.43. The molecule has 3 unspecified atom stereocenters. The van der Waals surface area contributed by atoms with Gasteiger partial charge in [-0.1, -0.05) is 102 Å². The summed E-state index contributed by atoms with van der Waals surface area (Å²) in [5.74, 6) is -2.41. The van der Waals surface area contributed by atoms with Crippen LogP contribution >= 0.6 is 7.82 Å². The fourth-order valence-corrected chi connectivity index (χ4v) is 4.87. The molecule has 0 aromatic carbocycles. The van der Waals surface area contributed by atoms with Gasteiger partial charge in [0.2, 0.25) is 5.91 Å². The number of aliphatic carboxylic acids is 1. The van der Waals surface area contributed by atoms with Crippen LogP contribution in [0.2, 0.25) is 0 Å². The summed E-state index contributed by atoms with van der Waals surface area (Å²) in [6, 6.07) is -1.55. The molecule has 44 heavy (non-hydrogen) atoms. The molecule has 1 amide bonds. The zero-order valence-corrected chi connectivity index (χ0v) is 27.9. The molecule has 4 N–H and O–H groups in total. The molecule has 3 atom stereocenters. The minimum atomic E-state index is -4.74. The van der Waals surface area contributed by atoms with Crippen LogP contribution in [0.25, 0.3) is 0 Å². The van der Waals surface area contributed by atoms with Gasteiger partial charge in [0, 0.05) is 12.8 Å². The maximum absolute atomic E-state index is 12.2. The molecular weight excluding hydrogens is 589 g/mol. The molecule has 0 saturated carbocycles. The monoisotopic (exact) mass is 647 g/mol. The summed E-state index contributed by atoms with van der Waals surface area (Å²) in [4.78, 5) is 45.3. The molecule has 0 fully saturated rings. The highest BCUT2D eigenvalue weighted by Gasteiger charge is 2.28. The Bertz CT molecular complexity index is 864. The zero-order valence-electron chi connectivity index (χ0n) is 27.0. The van der Waals surface area contributed by atoms with Crippen LogP contribution in [0, 0.1) is 0 Å². The summed E-state index contributed by atoms with van der Waals surface area (Å²) in [7, 11) is -4.74. The quantitative estimate of drug-likeness (QED) is 0.0283. The van der Waals surface area contributed by atoms with Crippen LogP contribution in [0.3, 0.4) is 0 Å². The van der Waals surface area contributed by atoms with Crippen molar-refractivity contribution < 1.29 is 47.8 Å². The van der Waals surface area contributed by atoms with Crippen molar-refractivity contribution in [3.05, 3.63) is 24.3 Å². The third-order valence-corrected chi connectivity index (χ3v) is 7.69. The van der Waals surface area contributed by atoms with Crippen molar-refractivity contribution in [2.24, 2.45) is 0 Å². The topological polar surface area (TPSA) is 169 Å². The second-order valence-electron chi connectivity index (χ2n) is 11.0. The zero-order chi connectivity index (χ0) is 32.9. The summed E-state index contributed by atoms with van der Waals surface area (Å²) < 4.78 is 26.5. The van der Waals surface area contributed by atoms with E-state index in [1.807, 2.05) is 0 Å². The summed E-state index contributed by atoms with van der Waals surface area (Å²) in [6.45, 7) is 2.41. The van der Waals surface area contributed by atoms with Crippen LogP contribution in [0.1, 0.15) is 129 Å². The number of ether oxygens (including phenoxy) is 1. The van der Waals surface area contributed by atoms with Gasteiger partial charge in [-0.3, -0.25) is 18.6 Å². The first-order chi connectivity index (χ1) is 21.1. The predicted molar refractivity (Wildman–Crippen MR) is 171 cm³/mol. The molecule has 0 radical (unpaired) electrons. The molecule has 0 aromatic rings. The summed E-state index contributed by atoms with van der Waals surface area (Å²) in [6.07, 6.45) is 23.9. The summed E-state index contributed by atoms with van der Waals surface area (Å²) in [5.41, 5.74) is 0. The summed E-state index contributed by atoms with van der Waals surface area (Å²) in [5, 5.41) is 21.5. The number of carboxylic acids is 1. The Balaban J connectivity index is 4.07. The van der Waals surface area contributed by atoms with Crippen molar-refractivity contribution in [2.75, 3.05) is 19.8 Å². The normalized spacial score (nSPS) is 14.5. The van der Waals surface area contributed by atoms with Gasteiger partial charge in [-0.15, -0.1) is 0 Å². The lowest BCUT2D eigenvalue weighted by Gasteiger charge is -2.18. The molecule has 0 spiro atoms. The number of esters is 1. The average molecular weight is 648 g/mol. The van der Waals surface area contributed by atoms with Gasteiger partial charge >= 0.3 is 19.8 Å². The molecule has 0 rings (SSSR count). The highest BCUT2D eigenvalue weighted by molar-refractivity contribution is 7.47. The van der Waals surface area contributed by atoms with E-state index < -0.39 is 57.6 Å². The van der Waals surface area contributed by atoms with Crippen LogP contribution in [0.4, 0.5) is 0 Å². The second kappa shape index (κ2) is 28.4. The van der Waals surface area contributed by atoms with E-state index in [0.29, 0.717) is 12.8 Å². The van der Waals surface area contributed by atoms with E-state index in [0.717, 1.165) is 77.0 Å². The van der Waals surface area contributed by atoms with E-state index in [1.54, 1.807) is 0 Å². The number of phosphoric ester groups is 1. The number of carbonyl (C=O) groups excluding carboxylic acids is 2. The van der Waals surface area contributed by atoms with Crippen LogP contribution in [0.5, 0.6) is 0 Å². The second-order valence-corrected chi connectivity index (χ2v) is 12.5. The number of hydrogen-bond acceptors (Lipinski definition) is 8. The first-order valence-electron chi connectivity index (χ1n) is 16.4. The molecule has 0 heterocycles. The Morgan fingerprint density at radius 2 is 1.27 bits per heavy atom. The molecule has 0 aromatic heterocycles. The maximum atomic E-state index is 12.2. The van der Waals surface area contributed by atoms with Gasteiger partial charge in [-0.25, -0.2) is 9.36 Å². The standard InChI is InChI=1S/C32H58NO10P/c1-3-5-7-9-11-12-13-14-15-16-17-18-19-21-23-30(35)33-29(32(37)38)27-43-44(39,40)42-26-28(34)25-41-31(36)24-22-20-10-8-6-4-2/h9,11,13-14,28-29,34H,3-8,10,12,15-27H2,1-2H3,(H,33,35)(H,37,38)(H,39,40)/b11-9-,14-13-. The maximum Gasteiger partial charge on any atom is 0.472 e. The van der Waals surface area contributed by atoms with Crippen molar-refractivity contribution in [1.29, 1.82) is 0 Å². The van der Waals surface area contributed by atoms with E-state index in [4.69, 9.17) is 9.26 Å². The fourth-order valence-electron chi connectivity index (χ4n) is 4.09. The Kier molecular flexibility index (Phi) is 27.1. The van der Waals surface area contributed by atoms with Crippen molar-refractivity contribution in [2.45, 2.75) is 142 Å². The summed E-state index contributed by atoms with van der Waals surface area (Å²) >= 11 is 0. The third-order valence-electron chi connectivity index (χ3n) is 6.74. The molecule has 0 saturated heterocycles. The van der Waals surface area contributed by atoms with E-state index in [1.165, 1.54) is 12.8 Å². The largest absolute Gasteiger partial charge is 0.480 e. The first kappa shape index (κ1) is 42.0. The van der Waals surface area contributed by atoms with Gasteiger partial charge in [-0.05, 0) is 38.5 Å². The molecule has 0 aliphatic heterocycles. The molecule has 0 aliphatic rings. The highest BCUT2D eigenvalue weighted by atomic mass is 31.2. The molecular formula is C32H58NO10P. The number of amides is 1. The van der Waals surface area contributed by atoms with Gasteiger partial charge < -0.3 is 25.2 Å². The van der Waals surface area contributed by atoms with Gasteiger partial charge in [0.05, 0.1) is 13.2 Å². The van der Waals surface area contributed by atoms with Gasteiger partial charge in [0.1, 0.15) is 12.7 Å². The smallest absolute Gasteiger partial charge is 0.472 e. The van der Waals surface area contributed by atoms with Gasteiger partial charge in [-0.2, -0.15) is 0 Å². The Morgan fingerprint density at radius 1 is 0.727 bits per heavy atom. The third kappa shape index (κ3) is 27.5. The number of phosphoric acid groups is 1. The van der Waals surface area contributed by atoms with Crippen molar-refractivity contribution in [1.82, 2.24) is 5.32 Å². The van der Waals surface area contributed by atoms with E-state index in [-0.39, 0.29) is 12.8 Å². The Hall–Kier alpha value is -2.04. The van der Waals surface area contributed by atoms with Gasteiger partial charge in [0.15, 0.2) is 6.04 Å². The predicted octanol–water partition coefficient (Wildman–Crippen LogP) is 6.77. The van der Waals surface area contributed by atoms with E-state index in [9.17, 15) is 34.1 Å². The number of allylic oxidation sites excluding steroid dienone is 4. The lowest BCUT2D eigenvalue weighted by atomic mass is 10.1. The van der Waals surface area contributed by atoms with Crippen molar-refractivity contribution in [3.8, 4) is 0 Å². The number of rotatable bonds is 30. The number of carbonyl (C=O) groups is 3. The Labute approximate surface area is 264 Å². The molecule has 0 bridgehead atoms. The fraction of sp³-hybridized carbons (Fsp3) is 0.781. The first-order valence-corrected chi connectivity index (χ1v) is 17.9. The van der Waals surface area contributed by atoms with E-state index >= 15 is 0 Å². The Morgan fingerprint density at radius 3 is 1.91 bits per heavy atom. The number of nitrogens with one attached hydrogen (secondary N) is 1. The molecule has 11 nitrogen and oxygen atoms in total. The number of unbranched alkanes of at least 4 members (excludes halogenated alkanes) is 12. The van der Waals surface area contributed by atoms with Crippen LogP contribution in [-0.4, -0.2) is 64.9 Å².